The molecule has 0 aliphatic rings. The van der Waals surface area contributed by atoms with Gasteiger partial charge in [-0.05, 0) is 38.1 Å². The third-order valence-corrected chi connectivity index (χ3v) is 3.88. The third-order valence-electron chi connectivity index (χ3n) is 3.88. The van der Waals surface area contributed by atoms with E-state index in [1.165, 1.54) is 0 Å². The summed E-state index contributed by atoms with van der Waals surface area (Å²) in [4.78, 5) is 18.7. The Balaban J connectivity index is 1.82. The van der Waals surface area contributed by atoms with E-state index in [4.69, 9.17) is 9.26 Å². The van der Waals surface area contributed by atoms with Crippen LogP contribution < -0.4 is 4.74 Å². The number of benzene rings is 1. The first-order valence-electron chi connectivity index (χ1n) is 7.91. The van der Waals surface area contributed by atoms with Gasteiger partial charge in [0.05, 0.1) is 12.2 Å². The van der Waals surface area contributed by atoms with E-state index in [2.05, 4.69) is 10.1 Å². The Morgan fingerprint density at radius 2 is 1.92 bits per heavy atom. The molecule has 0 aliphatic carbocycles. The fraction of sp³-hybridized carbons (Fsp3) is 0.211. The summed E-state index contributed by atoms with van der Waals surface area (Å²) in [7, 11) is 1.73. The molecule has 25 heavy (non-hydrogen) atoms. The number of hydrogen-bond acceptors (Lipinski definition) is 5. The number of ether oxygens (including phenoxy) is 1. The van der Waals surface area contributed by atoms with Crippen LogP contribution in [0.4, 0.5) is 0 Å². The van der Waals surface area contributed by atoms with Crippen LogP contribution in [-0.4, -0.2) is 28.0 Å². The zero-order valence-corrected chi connectivity index (χ0v) is 14.4. The molecule has 0 bridgehead atoms. The molecule has 0 aliphatic heterocycles. The van der Waals surface area contributed by atoms with Gasteiger partial charge in [-0.25, -0.2) is 4.98 Å². The lowest BCUT2D eigenvalue weighted by Gasteiger charge is -2.18. The zero-order valence-electron chi connectivity index (χ0n) is 14.4. The van der Waals surface area contributed by atoms with Crippen molar-refractivity contribution in [3.8, 4) is 11.6 Å². The zero-order chi connectivity index (χ0) is 17.8. The minimum absolute atomic E-state index is 0.181. The Labute approximate surface area is 146 Å². The van der Waals surface area contributed by atoms with Gasteiger partial charge in [0.2, 0.25) is 5.88 Å². The molecule has 6 nitrogen and oxygen atoms in total. The molecule has 0 unspecified atom stereocenters. The molecule has 1 amide bonds. The fourth-order valence-electron chi connectivity index (χ4n) is 2.48. The molecule has 3 aromatic rings. The Morgan fingerprint density at radius 1 is 1.16 bits per heavy atom. The van der Waals surface area contributed by atoms with Gasteiger partial charge in [0, 0.05) is 18.8 Å². The predicted molar refractivity (Wildman–Crippen MR) is 92.5 cm³/mol. The Kier molecular flexibility index (Phi) is 4.79. The number of amides is 1. The SMILES string of the molecule is Cc1noc(C)c1CN(C)C(=O)c1cccnc1Oc1ccccc1. The highest BCUT2D eigenvalue weighted by molar-refractivity contribution is 5.96. The summed E-state index contributed by atoms with van der Waals surface area (Å²) in [6.45, 7) is 4.10. The normalized spacial score (nSPS) is 10.5. The van der Waals surface area contributed by atoms with E-state index in [-0.39, 0.29) is 11.8 Å². The van der Waals surface area contributed by atoms with Crippen LogP contribution >= 0.6 is 0 Å². The Morgan fingerprint density at radius 3 is 2.60 bits per heavy atom. The average molecular weight is 337 g/mol. The Bertz CT molecular complexity index is 855. The minimum atomic E-state index is -0.181. The van der Waals surface area contributed by atoms with Crippen molar-refractivity contribution < 1.29 is 14.1 Å². The number of pyridine rings is 1. The van der Waals surface area contributed by atoms with Crippen LogP contribution in [0.3, 0.4) is 0 Å². The number of hydrogen-bond donors (Lipinski definition) is 0. The molecule has 0 saturated heterocycles. The van der Waals surface area contributed by atoms with Gasteiger partial charge >= 0.3 is 0 Å². The Hall–Kier alpha value is -3.15. The predicted octanol–water partition coefficient (Wildman–Crippen LogP) is 3.75. The average Bonchev–Trinajstić information content (AvgIpc) is 2.94. The third kappa shape index (κ3) is 3.68. The molecular weight excluding hydrogens is 318 g/mol. The molecule has 2 aromatic heterocycles. The molecule has 0 spiro atoms. The summed E-state index contributed by atoms with van der Waals surface area (Å²) in [5.41, 5.74) is 2.09. The van der Waals surface area contributed by atoms with Gasteiger partial charge in [0.1, 0.15) is 17.1 Å². The second-order valence-corrected chi connectivity index (χ2v) is 5.74. The van der Waals surface area contributed by atoms with Gasteiger partial charge in [0.25, 0.3) is 5.91 Å². The van der Waals surface area contributed by atoms with Crippen LogP contribution in [0.25, 0.3) is 0 Å². The molecule has 6 heteroatoms. The number of nitrogens with zero attached hydrogens (tertiary/aromatic N) is 3. The van der Waals surface area contributed by atoms with E-state index in [1.807, 2.05) is 44.2 Å². The van der Waals surface area contributed by atoms with Gasteiger partial charge in [-0.1, -0.05) is 23.4 Å². The molecule has 0 N–H and O–H groups in total. The van der Waals surface area contributed by atoms with Crippen LogP contribution in [0.1, 0.15) is 27.4 Å². The number of rotatable bonds is 5. The van der Waals surface area contributed by atoms with Crippen LogP contribution in [-0.2, 0) is 6.54 Å². The summed E-state index contributed by atoms with van der Waals surface area (Å²) in [5, 5.41) is 3.92. The van der Waals surface area contributed by atoms with Crippen LogP contribution in [0, 0.1) is 13.8 Å². The van der Waals surface area contributed by atoms with Crippen molar-refractivity contribution in [2.45, 2.75) is 20.4 Å². The number of carbonyl (C=O) groups is 1. The number of carbonyl (C=O) groups excluding carboxylic acids is 1. The highest BCUT2D eigenvalue weighted by Crippen LogP contribution is 2.24. The topological polar surface area (TPSA) is 68.5 Å². The highest BCUT2D eigenvalue weighted by atomic mass is 16.5. The van der Waals surface area contributed by atoms with Gasteiger partial charge in [-0.3, -0.25) is 4.79 Å². The van der Waals surface area contributed by atoms with Crippen molar-refractivity contribution in [1.82, 2.24) is 15.0 Å². The number of aryl methyl sites for hydroxylation is 2. The lowest BCUT2D eigenvalue weighted by molar-refractivity contribution is 0.0781. The van der Waals surface area contributed by atoms with E-state index in [0.717, 1.165) is 11.3 Å². The van der Waals surface area contributed by atoms with Crippen molar-refractivity contribution in [3.05, 3.63) is 71.2 Å². The molecule has 0 saturated carbocycles. The van der Waals surface area contributed by atoms with Crippen LogP contribution in [0.15, 0.2) is 53.2 Å². The van der Waals surface area contributed by atoms with Crippen molar-refractivity contribution in [3.63, 3.8) is 0 Å². The summed E-state index contributed by atoms with van der Waals surface area (Å²) in [6.07, 6.45) is 1.60. The quantitative estimate of drug-likeness (QED) is 0.709. The smallest absolute Gasteiger partial charge is 0.259 e. The van der Waals surface area contributed by atoms with Crippen molar-refractivity contribution >= 4 is 5.91 Å². The first-order valence-corrected chi connectivity index (χ1v) is 7.91. The maximum atomic E-state index is 12.9. The van der Waals surface area contributed by atoms with Crippen molar-refractivity contribution in [2.75, 3.05) is 7.05 Å². The molecule has 128 valence electrons. The minimum Gasteiger partial charge on any atom is -0.438 e. The number of aromatic nitrogens is 2. The van der Waals surface area contributed by atoms with Crippen LogP contribution in [0.5, 0.6) is 11.6 Å². The largest absolute Gasteiger partial charge is 0.438 e. The van der Waals surface area contributed by atoms with Gasteiger partial charge in [0.15, 0.2) is 0 Å². The molecule has 0 radical (unpaired) electrons. The molecule has 1 aromatic carbocycles. The van der Waals surface area contributed by atoms with Crippen molar-refractivity contribution in [1.29, 1.82) is 0 Å². The summed E-state index contributed by atoms with van der Waals surface area (Å²) in [6, 6.07) is 12.7. The van der Waals surface area contributed by atoms with E-state index >= 15 is 0 Å². The van der Waals surface area contributed by atoms with Gasteiger partial charge < -0.3 is 14.2 Å². The molecule has 0 atom stereocenters. The second kappa shape index (κ2) is 7.17. The maximum Gasteiger partial charge on any atom is 0.259 e. The maximum absolute atomic E-state index is 12.9. The van der Waals surface area contributed by atoms with Crippen LogP contribution in [0.2, 0.25) is 0 Å². The second-order valence-electron chi connectivity index (χ2n) is 5.74. The lowest BCUT2D eigenvalue weighted by atomic mass is 10.1. The van der Waals surface area contributed by atoms with E-state index < -0.39 is 0 Å². The molecule has 0 fully saturated rings. The first kappa shape index (κ1) is 16.7. The first-order chi connectivity index (χ1) is 12.1. The molecule has 2 heterocycles. The highest BCUT2D eigenvalue weighted by Gasteiger charge is 2.20. The molecule has 3 rings (SSSR count). The summed E-state index contributed by atoms with van der Waals surface area (Å²) < 4.78 is 10.9. The fourth-order valence-corrected chi connectivity index (χ4v) is 2.48. The molecular formula is C19H19N3O3. The lowest BCUT2D eigenvalue weighted by Crippen LogP contribution is -2.27. The van der Waals surface area contributed by atoms with Crippen molar-refractivity contribution in [2.24, 2.45) is 0 Å². The van der Waals surface area contributed by atoms with E-state index in [0.29, 0.717) is 23.6 Å². The standard InChI is InChI=1S/C19H19N3O3/c1-13-17(14(2)25-21-13)12-22(3)19(23)16-10-7-11-20-18(16)24-15-8-5-4-6-9-15/h4-11H,12H2,1-3H3. The van der Waals surface area contributed by atoms with E-state index in [9.17, 15) is 4.79 Å². The summed E-state index contributed by atoms with van der Waals surface area (Å²) >= 11 is 0. The summed E-state index contributed by atoms with van der Waals surface area (Å²) in [5.74, 6) is 1.44. The van der Waals surface area contributed by atoms with E-state index in [1.54, 1.807) is 30.3 Å². The van der Waals surface area contributed by atoms with Gasteiger partial charge in [-0.2, -0.15) is 0 Å². The number of para-hydroxylation sites is 1. The monoisotopic (exact) mass is 337 g/mol. The van der Waals surface area contributed by atoms with Gasteiger partial charge in [-0.15, -0.1) is 0 Å².